The number of carbonyl (C=O) groups is 2. The summed E-state index contributed by atoms with van der Waals surface area (Å²) in [5.74, 6) is 15.0. The number of nitrogens with two attached hydrogens (primary N) is 6. The maximum absolute atomic E-state index is 13.5. The van der Waals surface area contributed by atoms with Gasteiger partial charge < -0.3 is 27.8 Å². The molecule has 0 spiro atoms. The number of hydrazine groups is 1. The van der Waals surface area contributed by atoms with Gasteiger partial charge in [0.25, 0.3) is 0 Å². The van der Waals surface area contributed by atoms with Crippen LogP contribution < -0.4 is 52.7 Å². The second-order valence-electron chi connectivity index (χ2n) is 49.2. The number of nitrogens with zero attached hydrogens (tertiary/aromatic N) is 5. The van der Waals surface area contributed by atoms with Crippen molar-refractivity contribution in [2.45, 2.75) is 369 Å². The van der Waals surface area contributed by atoms with Crippen LogP contribution in [0.1, 0.15) is 366 Å². The molecule has 0 radical (unpaired) electrons. The van der Waals surface area contributed by atoms with E-state index in [-0.39, 0.29) is 122 Å². The number of fused-ring (bicyclic) bond motifs is 24. The summed E-state index contributed by atoms with van der Waals surface area (Å²) in [6.07, 6.45) is 38.2. The zero-order valence-electron chi connectivity index (χ0n) is 80.7. The van der Waals surface area contributed by atoms with Crippen LogP contribution in [-0.2, 0) is 50.5 Å². The first-order valence-electron chi connectivity index (χ1n) is 48.3. The number of aromatic nitrogens is 8. The molecule has 4 aromatic heterocycles. The van der Waals surface area contributed by atoms with Crippen molar-refractivity contribution in [3.05, 3.63) is 83.4 Å². The summed E-state index contributed by atoms with van der Waals surface area (Å²) in [6.45, 7) is 62.7. The topological polar surface area (TPSA) is 325 Å². The Bertz CT molecular complexity index is 4840. The number of allylic oxidation sites excluding steroid dienone is 6. The maximum atomic E-state index is 13.5. The first-order valence-corrected chi connectivity index (χ1v) is 62.0. The number of ketones is 1. The van der Waals surface area contributed by atoms with E-state index in [1.807, 2.05) is 0 Å². The molecule has 23 heteroatoms. The van der Waals surface area contributed by atoms with E-state index in [0.717, 1.165) is 121 Å². The smallest absolute Gasteiger partial charge is 0.274 e. The zero-order valence-corrected chi connectivity index (χ0v) is 88.7. The number of anilines is 3. The minimum Gasteiger partial charge on any atom is -0.274 e. The molecular formula is C102H166ClI3N15O3S-. The van der Waals surface area contributed by atoms with Gasteiger partial charge in [0.05, 0.1) is 12.0 Å². The molecule has 702 valence electrons. The standard InChI is InChI=1S/C32H47N5OS.C32H50N4O.C31H46ClN3O.C6H15N.CH4.I3.H4N2/c1-27(2)12-14-32(25-36-37-26(38)39-25)15-13-30(6)19(20(32)17-27)8-9-22-29(5)16-18-23(34-35-24(18)33)28(3,4)21(29)10-11-31(22,30)7;1-27(2)12-14-32(24(37)18-33)15-13-30(6)20(21(32)17-27)8-9-23-29(5)16-19-25(35-36-26(19)34)28(3,4)22(29)10-11-31(23,30)7;1-26(2)12-14-31(25(32)36)15-13-29(6)19(20(31)17-26)8-9-22-28(5)16-18-23(34-35-24(18)33)27(3,4)21(28)10-11-30(22,29)7;1-4-7(5-2)6-3;;1-3-2;1-2/h8,20-22H,9-17H2,1-7H3,(H,37,38)(H3,33,34,35);8,21-23H,9-18,33H2,1-7H3,(H3,34,35,36);8,20-22H,9-17H2,1-7H3,(H3,33,34,35);4-6H2,1-3H3;1H4;;1-2H2/q;;;;;-1;/t20?,21?,22?,29-,30+,31+,32-;21?,22?,23?,29-,30+,31+,32-;20?,21?,22?,28-,29+,30+,31-;;;;/m000..../s1. The molecule has 19 rings (SSSR count). The average Bonchev–Trinajstić information content (AvgIpc) is 1.59. The fraction of sp³-hybridized carbons (Fsp3) is 0.814. The normalized spacial score (nSPS) is 41.2. The zero-order chi connectivity index (χ0) is 91.1. The molecule has 0 aromatic carbocycles. The Morgan fingerprint density at radius 1 is 0.456 bits per heavy atom. The van der Waals surface area contributed by atoms with Gasteiger partial charge in [0.2, 0.25) is 5.24 Å². The van der Waals surface area contributed by atoms with Crippen molar-refractivity contribution in [1.29, 1.82) is 0 Å². The van der Waals surface area contributed by atoms with E-state index in [2.05, 4.69) is 279 Å². The molecule has 9 saturated carbocycles. The van der Waals surface area contributed by atoms with Crippen LogP contribution in [0.2, 0.25) is 0 Å². The molecule has 16 N–H and O–H groups in total. The molecule has 4 heterocycles. The van der Waals surface area contributed by atoms with Crippen LogP contribution in [0.15, 0.2) is 39.7 Å². The van der Waals surface area contributed by atoms with Gasteiger partial charge >= 0.3 is 55.4 Å². The summed E-state index contributed by atoms with van der Waals surface area (Å²) in [5.41, 5.74) is 39.7. The van der Waals surface area contributed by atoms with Gasteiger partial charge in [-0.3, -0.25) is 41.4 Å². The van der Waals surface area contributed by atoms with Crippen molar-refractivity contribution in [2.24, 2.45) is 146 Å². The summed E-state index contributed by atoms with van der Waals surface area (Å²) in [4.78, 5) is 41.3. The fourth-order valence-corrected chi connectivity index (χ4v) is 35.8. The number of halogens is 4. The number of H-pyrrole nitrogens is 4. The van der Waals surface area contributed by atoms with Gasteiger partial charge in [0.1, 0.15) is 22.5 Å². The number of nitrogens with one attached hydrogen (secondary N) is 4. The van der Waals surface area contributed by atoms with Crippen LogP contribution in [-0.4, -0.2) is 82.9 Å². The van der Waals surface area contributed by atoms with Crippen molar-refractivity contribution in [1.82, 2.24) is 45.7 Å². The second-order valence-corrected chi connectivity index (χ2v) is 66.7. The Morgan fingerprint density at radius 3 is 1.09 bits per heavy atom. The third kappa shape index (κ3) is 14.8. The summed E-state index contributed by atoms with van der Waals surface area (Å²) in [5, 5.41) is 31.9. The molecule has 9 unspecified atom stereocenters. The summed E-state index contributed by atoms with van der Waals surface area (Å²) in [7, 11) is 0. The third-order valence-corrected chi connectivity index (χ3v) is 43.3. The molecule has 9 fully saturated rings. The summed E-state index contributed by atoms with van der Waals surface area (Å²) in [6, 6.07) is 0. The van der Waals surface area contributed by atoms with Crippen LogP contribution in [0, 0.1) is 129 Å². The number of rotatable bonds is 7. The fourth-order valence-electron chi connectivity index (χ4n) is 34.6. The molecule has 0 saturated heterocycles. The molecule has 125 heavy (non-hydrogen) atoms. The Morgan fingerprint density at radius 2 is 0.760 bits per heavy atom. The molecule has 18 nitrogen and oxygen atoms in total. The SMILES string of the molecule is C.CC1(C)CC[C@]2(C(=O)CN)CC[C@]3(C)C(=CCC4[C@@]5(C)Cc6c(N)n[nH]c6C(C)(C)C5CC[C@]43C)C2C1.CC1(C)CC[C@]2(C(=O)Cl)CC[C@]3(C)C(=CCC4[C@@]5(C)Cc6c(N)n[nH]c6C(C)(C)C5CC[C@]43C)C2C1.CC1(C)CC[C@]2(c3n[nH]c(=O)s3)CC[C@]3(C)C(=CCC4[C@@]5(C)Cc6c(N)n[nH]c6C(C)(C)C5CC[C@]43C)C2C1.CCN(CC)CC.I[I-]I.NN. The van der Waals surface area contributed by atoms with Gasteiger partial charge in [-0.2, -0.15) is 20.4 Å². The van der Waals surface area contributed by atoms with Crippen LogP contribution in [0.5, 0.6) is 0 Å². The van der Waals surface area contributed by atoms with E-state index in [1.165, 1.54) is 123 Å². The largest absolute Gasteiger partial charge is 0.274 e. The molecule has 21 atom stereocenters. The van der Waals surface area contributed by atoms with E-state index in [9.17, 15) is 14.4 Å². The Balaban J connectivity index is 0.000000150. The monoisotopic (exact) mass is 2100 g/mol. The van der Waals surface area contributed by atoms with Gasteiger partial charge in [0, 0.05) is 60.8 Å². The molecule has 4 aromatic rings. The molecule has 15 aliphatic rings. The quantitative estimate of drug-likeness (QED) is 0.0270. The number of nitrogen functional groups attached to an aromatic ring is 3. The van der Waals surface area contributed by atoms with E-state index >= 15 is 0 Å². The van der Waals surface area contributed by atoms with Crippen molar-refractivity contribution >= 4 is 88.6 Å². The Labute approximate surface area is 791 Å². The molecule has 15 aliphatic carbocycles. The minimum absolute atomic E-state index is 0. The number of aromatic amines is 4. The first-order chi connectivity index (χ1) is 57.7. The number of carbonyl (C=O) groups excluding carboxylic acids is 2. The van der Waals surface area contributed by atoms with E-state index in [4.69, 9.17) is 34.5 Å². The van der Waals surface area contributed by atoms with Crippen LogP contribution in [0.25, 0.3) is 0 Å². The number of hydrogen-bond donors (Lipinski definition) is 10. The molecule has 0 amide bonds. The summed E-state index contributed by atoms with van der Waals surface area (Å²) >= 11 is 13.1. The van der Waals surface area contributed by atoms with E-state index in [1.54, 1.807) is 16.7 Å². The average molecular weight is 2100 g/mol. The third-order valence-electron chi connectivity index (χ3n) is 42.0. The van der Waals surface area contributed by atoms with Crippen molar-refractivity contribution in [2.75, 3.05) is 43.4 Å². The first kappa shape index (κ1) is 99.7. The van der Waals surface area contributed by atoms with Gasteiger partial charge in [-0.15, -0.1) is 0 Å². The predicted molar refractivity (Wildman–Crippen MR) is 531 cm³/mol. The minimum atomic E-state index is -0.361. The van der Waals surface area contributed by atoms with Crippen molar-refractivity contribution in [3.8, 4) is 0 Å². The van der Waals surface area contributed by atoms with Crippen LogP contribution >= 0.6 is 60.2 Å². The van der Waals surface area contributed by atoms with Crippen molar-refractivity contribution in [3.63, 3.8) is 0 Å². The van der Waals surface area contributed by atoms with Gasteiger partial charge in [-0.1, -0.05) is 220 Å². The molecular weight excluding hydrogens is 1930 g/mol. The van der Waals surface area contributed by atoms with Crippen LogP contribution in [0.3, 0.4) is 0 Å². The van der Waals surface area contributed by atoms with Crippen molar-refractivity contribution < 1.29 is 22.8 Å². The van der Waals surface area contributed by atoms with Crippen LogP contribution in [0.4, 0.5) is 17.5 Å². The number of hydrogen-bond acceptors (Lipinski definition) is 15. The predicted octanol–water partition coefficient (Wildman–Crippen LogP) is 20.4. The Hall–Kier alpha value is -2.73. The molecule has 0 aliphatic heterocycles. The number of Topliss-reactive ketones (excluding diaryl/α,β-unsaturated/α-hetero) is 1. The Kier molecular flexibility index (Phi) is 27.1. The van der Waals surface area contributed by atoms with Gasteiger partial charge in [0.15, 0.2) is 5.78 Å². The second kappa shape index (κ2) is 34.0. The van der Waals surface area contributed by atoms with Gasteiger partial charge in [-0.25, -0.2) is 5.10 Å². The molecule has 0 bridgehead atoms. The summed E-state index contributed by atoms with van der Waals surface area (Å²) < 4.78 is 0. The maximum Gasteiger partial charge on any atom is -0.274 e. The van der Waals surface area contributed by atoms with Gasteiger partial charge in [-0.05, 0) is 323 Å². The van der Waals surface area contributed by atoms with E-state index < -0.39 is 0 Å². The van der Waals surface area contributed by atoms with E-state index in [0.29, 0.717) is 89.3 Å².